The van der Waals surface area contributed by atoms with Crippen LogP contribution in [-0.2, 0) is 10.0 Å². The fourth-order valence-electron chi connectivity index (χ4n) is 2.60. The third-order valence-corrected chi connectivity index (χ3v) is 5.89. The van der Waals surface area contributed by atoms with Gasteiger partial charge in [-0.2, -0.15) is 0 Å². The zero-order valence-electron chi connectivity index (χ0n) is 15.7. The number of carbonyl (C=O) groups excluding carboxylic acids is 1. The second-order valence-electron chi connectivity index (χ2n) is 6.51. The van der Waals surface area contributed by atoms with Crippen LogP contribution in [-0.4, -0.2) is 14.3 Å². The van der Waals surface area contributed by atoms with Crippen molar-refractivity contribution in [2.24, 2.45) is 0 Å². The monoisotopic (exact) mass is 432 g/mol. The lowest BCUT2D eigenvalue weighted by molar-refractivity contribution is 0.102. The highest BCUT2D eigenvalue weighted by Gasteiger charge is 2.17. The van der Waals surface area contributed by atoms with E-state index < -0.39 is 21.7 Å². The van der Waals surface area contributed by atoms with Crippen molar-refractivity contribution < 1.29 is 17.6 Å². The Labute approximate surface area is 173 Å². The number of nitrogens with one attached hydrogen (secondary N) is 2. The second kappa shape index (κ2) is 8.23. The van der Waals surface area contributed by atoms with E-state index in [0.29, 0.717) is 16.3 Å². The summed E-state index contributed by atoms with van der Waals surface area (Å²) >= 11 is 5.97. The molecule has 0 atom stereocenters. The normalized spacial score (nSPS) is 11.2. The van der Waals surface area contributed by atoms with Gasteiger partial charge in [0.1, 0.15) is 5.82 Å². The first kappa shape index (κ1) is 20.8. The summed E-state index contributed by atoms with van der Waals surface area (Å²) < 4.78 is 41.1. The van der Waals surface area contributed by atoms with Crippen molar-refractivity contribution in [3.63, 3.8) is 0 Å². The minimum atomic E-state index is -4.01. The Morgan fingerprint density at radius 3 is 2.41 bits per heavy atom. The summed E-state index contributed by atoms with van der Waals surface area (Å²) in [6, 6.07) is 14.8. The lowest BCUT2D eigenvalue weighted by Gasteiger charge is -2.11. The summed E-state index contributed by atoms with van der Waals surface area (Å²) in [6.07, 6.45) is 0. The molecule has 29 heavy (non-hydrogen) atoms. The van der Waals surface area contributed by atoms with Crippen LogP contribution >= 0.6 is 11.6 Å². The smallest absolute Gasteiger partial charge is 0.261 e. The number of hydrogen-bond donors (Lipinski definition) is 2. The van der Waals surface area contributed by atoms with Gasteiger partial charge in [-0.05, 0) is 67.4 Å². The van der Waals surface area contributed by atoms with E-state index in [1.807, 2.05) is 6.92 Å². The number of carbonyl (C=O) groups is 1. The van der Waals surface area contributed by atoms with Gasteiger partial charge in [0.05, 0.1) is 4.90 Å². The topological polar surface area (TPSA) is 75.3 Å². The molecule has 2 N–H and O–H groups in total. The number of aryl methyl sites for hydroxylation is 2. The Bertz CT molecular complexity index is 1200. The first-order chi connectivity index (χ1) is 13.7. The van der Waals surface area contributed by atoms with Crippen molar-refractivity contribution in [1.82, 2.24) is 0 Å². The zero-order valence-corrected chi connectivity index (χ0v) is 17.2. The van der Waals surface area contributed by atoms with E-state index in [1.54, 1.807) is 37.3 Å². The van der Waals surface area contributed by atoms with Crippen LogP contribution in [0.1, 0.15) is 21.5 Å². The van der Waals surface area contributed by atoms with Crippen LogP contribution in [0.15, 0.2) is 65.6 Å². The minimum Gasteiger partial charge on any atom is -0.322 e. The van der Waals surface area contributed by atoms with Crippen LogP contribution < -0.4 is 10.0 Å². The second-order valence-corrected chi connectivity index (χ2v) is 8.63. The van der Waals surface area contributed by atoms with Crippen molar-refractivity contribution in [3.8, 4) is 0 Å². The Morgan fingerprint density at radius 2 is 1.69 bits per heavy atom. The van der Waals surface area contributed by atoms with Crippen molar-refractivity contribution in [3.05, 3.63) is 88.2 Å². The number of amides is 1. The van der Waals surface area contributed by atoms with Gasteiger partial charge in [0.25, 0.3) is 15.9 Å². The van der Waals surface area contributed by atoms with Crippen molar-refractivity contribution in [2.75, 3.05) is 10.0 Å². The van der Waals surface area contributed by atoms with Crippen LogP contribution in [0, 0.1) is 19.7 Å². The summed E-state index contributed by atoms with van der Waals surface area (Å²) in [7, 11) is -4.01. The van der Waals surface area contributed by atoms with E-state index in [1.165, 1.54) is 24.3 Å². The molecule has 0 unspecified atom stereocenters. The molecule has 8 heteroatoms. The van der Waals surface area contributed by atoms with E-state index in [2.05, 4.69) is 10.0 Å². The lowest BCUT2D eigenvalue weighted by Crippen LogP contribution is -2.15. The molecule has 0 aliphatic carbocycles. The minimum absolute atomic E-state index is 0.182. The molecule has 150 valence electrons. The molecule has 0 saturated carbocycles. The maximum Gasteiger partial charge on any atom is 0.261 e. The van der Waals surface area contributed by atoms with Gasteiger partial charge in [0.15, 0.2) is 0 Å². The highest BCUT2D eigenvalue weighted by Crippen LogP contribution is 2.23. The van der Waals surface area contributed by atoms with Gasteiger partial charge in [0, 0.05) is 22.0 Å². The summed E-state index contributed by atoms with van der Waals surface area (Å²) in [5.74, 6) is -1.03. The largest absolute Gasteiger partial charge is 0.322 e. The predicted molar refractivity (Wildman–Crippen MR) is 113 cm³/mol. The quantitative estimate of drug-likeness (QED) is 0.585. The van der Waals surface area contributed by atoms with Gasteiger partial charge in [-0.3, -0.25) is 9.52 Å². The van der Waals surface area contributed by atoms with Gasteiger partial charge in [-0.15, -0.1) is 0 Å². The van der Waals surface area contributed by atoms with Crippen LogP contribution in [0.3, 0.4) is 0 Å². The summed E-state index contributed by atoms with van der Waals surface area (Å²) in [6.45, 7) is 3.38. The molecule has 0 radical (unpaired) electrons. The maximum absolute atomic E-state index is 13.7. The van der Waals surface area contributed by atoms with Crippen molar-refractivity contribution in [1.29, 1.82) is 0 Å². The average Bonchev–Trinajstić information content (AvgIpc) is 2.66. The van der Waals surface area contributed by atoms with Crippen LogP contribution in [0.4, 0.5) is 15.8 Å². The molecule has 0 aliphatic rings. The molecule has 0 fully saturated rings. The zero-order chi connectivity index (χ0) is 21.2. The summed E-state index contributed by atoms with van der Waals surface area (Å²) in [4.78, 5) is 12.4. The Balaban J connectivity index is 1.82. The first-order valence-electron chi connectivity index (χ1n) is 8.62. The molecule has 3 aromatic carbocycles. The van der Waals surface area contributed by atoms with E-state index in [4.69, 9.17) is 11.6 Å². The fraction of sp³-hybridized carbons (Fsp3) is 0.0952. The highest BCUT2D eigenvalue weighted by molar-refractivity contribution is 7.92. The molecule has 5 nitrogen and oxygen atoms in total. The molecule has 0 spiro atoms. The van der Waals surface area contributed by atoms with Gasteiger partial charge in [0.2, 0.25) is 0 Å². The standard InChI is InChI=1S/C21H18ClFN2O3S/c1-13-7-9-18(12-19(13)23)29(27,28)25-17-5-3-4-15(10-17)21(26)24-20-11-16(22)8-6-14(20)2/h3-12,25H,1-2H3,(H,24,26). The molecule has 1 amide bonds. The predicted octanol–water partition coefficient (Wildman–Crippen LogP) is 5.15. The van der Waals surface area contributed by atoms with Crippen LogP contribution in [0.5, 0.6) is 0 Å². The van der Waals surface area contributed by atoms with Crippen molar-refractivity contribution in [2.45, 2.75) is 18.7 Å². The van der Waals surface area contributed by atoms with Gasteiger partial charge >= 0.3 is 0 Å². The Kier molecular flexibility index (Phi) is 5.91. The van der Waals surface area contributed by atoms with E-state index in [0.717, 1.165) is 11.6 Å². The first-order valence-corrected chi connectivity index (χ1v) is 10.5. The van der Waals surface area contributed by atoms with Gasteiger partial charge in [-0.25, -0.2) is 12.8 Å². The van der Waals surface area contributed by atoms with Crippen molar-refractivity contribution >= 4 is 38.9 Å². The molecule has 0 aromatic heterocycles. The van der Waals surface area contributed by atoms with E-state index >= 15 is 0 Å². The Morgan fingerprint density at radius 1 is 0.966 bits per heavy atom. The van der Waals surface area contributed by atoms with Gasteiger partial charge in [-0.1, -0.05) is 29.8 Å². The number of benzene rings is 3. The van der Waals surface area contributed by atoms with Crippen LogP contribution in [0.25, 0.3) is 0 Å². The molecular weight excluding hydrogens is 415 g/mol. The number of rotatable bonds is 5. The third kappa shape index (κ3) is 4.93. The number of sulfonamides is 1. The molecule has 3 rings (SSSR count). The molecule has 0 bridgehead atoms. The molecule has 3 aromatic rings. The molecular formula is C21H18ClFN2O3S. The highest BCUT2D eigenvalue weighted by atomic mass is 35.5. The fourth-order valence-corrected chi connectivity index (χ4v) is 3.84. The molecule has 0 aliphatic heterocycles. The number of anilines is 2. The maximum atomic E-state index is 13.7. The van der Waals surface area contributed by atoms with E-state index in [9.17, 15) is 17.6 Å². The lowest BCUT2D eigenvalue weighted by atomic mass is 10.1. The molecule has 0 saturated heterocycles. The SMILES string of the molecule is Cc1ccc(S(=O)(=O)Nc2cccc(C(=O)Nc3cc(Cl)ccc3C)c2)cc1F. The summed E-state index contributed by atoms with van der Waals surface area (Å²) in [5.41, 5.74) is 2.17. The molecule has 0 heterocycles. The Hall–Kier alpha value is -2.90. The third-order valence-electron chi connectivity index (χ3n) is 4.28. The van der Waals surface area contributed by atoms with E-state index in [-0.39, 0.29) is 16.1 Å². The van der Waals surface area contributed by atoms with Crippen LogP contribution in [0.2, 0.25) is 5.02 Å². The summed E-state index contributed by atoms with van der Waals surface area (Å²) in [5, 5.41) is 3.24. The average molecular weight is 433 g/mol. The van der Waals surface area contributed by atoms with Gasteiger partial charge < -0.3 is 5.32 Å². The number of hydrogen-bond acceptors (Lipinski definition) is 3. The number of halogens is 2.